The molecule has 3 rings (SSSR count). The highest BCUT2D eigenvalue weighted by Crippen LogP contribution is 2.31. The Morgan fingerprint density at radius 1 is 1.18 bits per heavy atom. The third kappa shape index (κ3) is 2.18. The zero-order valence-electron chi connectivity index (χ0n) is 12.5. The topological polar surface area (TPSA) is 46.8 Å². The molecule has 0 saturated heterocycles. The second-order valence-electron chi connectivity index (χ2n) is 5.12. The summed E-state index contributed by atoms with van der Waals surface area (Å²) in [5.41, 5.74) is 0.679. The molecule has 0 spiro atoms. The fraction of sp³-hybridized carbons (Fsp3) is 0.267. The molecule has 7 heteroatoms. The molecule has 0 saturated carbocycles. The molecule has 1 atom stereocenters. The summed E-state index contributed by atoms with van der Waals surface area (Å²) >= 11 is 0. The Hall–Kier alpha value is -2.57. The maximum absolute atomic E-state index is 14.0. The zero-order chi connectivity index (χ0) is 15.9. The molecule has 0 amide bonds. The van der Waals surface area contributed by atoms with Crippen molar-refractivity contribution in [3.63, 3.8) is 0 Å². The van der Waals surface area contributed by atoms with E-state index in [0.29, 0.717) is 11.5 Å². The summed E-state index contributed by atoms with van der Waals surface area (Å²) in [4.78, 5) is 10.1. The standard InChI is InChI=1S/C15H15F2N5/c1-9(13-11(16)5-4-6-12(13)17)21(2)14-10-7-20-22(3)15(10)19-8-18-14/h4-9H,1-3H3. The predicted molar refractivity (Wildman–Crippen MR) is 79.5 cm³/mol. The first-order valence-electron chi connectivity index (χ1n) is 6.80. The Morgan fingerprint density at radius 3 is 2.55 bits per heavy atom. The van der Waals surface area contributed by atoms with Gasteiger partial charge in [0.1, 0.15) is 23.8 Å². The number of anilines is 1. The molecule has 0 N–H and O–H groups in total. The highest BCUT2D eigenvalue weighted by molar-refractivity contribution is 5.86. The quantitative estimate of drug-likeness (QED) is 0.746. The molecule has 1 unspecified atom stereocenters. The van der Waals surface area contributed by atoms with Crippen molar-refractivity contribution in [2.45, 2.75) is 13.0 Å². The van der Waals surface area contributed by atoms with Crippen LogP contribution in [-0.4, -0.2) is 26.8 Å². The van der Waals surface area contributed by atoms with Gasteiger partial charge in [0.25, 0.3) is 0 Å². The van der Waals surface area contributed by atoms with Crippen LogP contribution in [0.5, 0.6) is 0 Å². The van der Waals surface area contributed by atoms with Crippen LogP contribution in [0.25, 0.3) is 11.0 Å². The summed E-state index contributed by atoms with van der Waals surface area (Å²) in [5.74, 6) is -0.570. The van der Waals surface area contributed by atoms with Gasteiger partial charge in [-0.1, -0.05) is 6.07 Å². The van der Waals surface area contributed by atoms with E-state index in [-0.39, 0.29) is 5.56 Å². The number of hydrogen-bond donors (Lipinski definition) is 0. The van der Waals surface area contributed by atoms with E-state index >= 15 is 0 Å². The number of fused-ring (bicyclic) bond motifs is 1. The van der Waals surface area contributed by atoms with E-state index in [1.165, 1.54) is 24.5 Å². The summed E-state index contributed by atoms with van der Waals surface area (Å²) in [6.07, 6.45) is 3.06. The lowest BCUT2D eigenvalue weighted by Crippen LogP contribution is -2.24. The third-order valence-corrected chi connectivity index (χ3v) is 3.84. The molecule has 114 valence electrons. The SMILES string of the molecule is CC(c1c(F)cccc1F)N(C)c1ncnc2c1cnn2C. The van der Waals surface area contributed by atoms with Gasteiger partial charge in [-0.3, -0.25) is 4.68 Å². The van der Waals surface area contributed by atoms with Gasteiger partial charge in [0.2, 0.25) is 0 Å². The third-order valence-electron chi connectivity index (χ3n) is 3.84. The monoisotopic (exact) mass is 303 g/mol. The van der Waals surface area contributed by atoms with Gasteiger partial charge < -0.3 is 4.90 Å². The summed E-state index contributed by atoms with van der Waals surface area (Å²) in [6.45, 7) is 1.73. The smallest absolute Gasteiger partial charge is 0.163 e. The molecule has 1 aromatic carbocycles. The molecular formula is C15H15F2N5. The second-order valence-corrected chi connectivity index (χ2v) is 5.12. The Balaban J connectivity index is 2.07. The Labute approximate surface area is 126 Å². The maximum Gasteiger partial charge on any atom is 0.163 e. The van der Waals surface area contributed by atoms with Gasteiger partial charge in [0.15, 0.2) is 5.65 Å². The molecule has 2 heterocycles. The molecule has 0 fully saturated rings. The van der Waals surface area contributed by atoms with Gasteiger partial charge in [-0.2, -0.15) is 5.10 Å². The van der Waals surface area contributed by atoms with Crippen LogP contribution in [0.2, 0.25) is 0 Å². The highest BCUT2D eigenvalue weighted by Gasteiger charge is 2.23. The molecule has 0 aliphatic carbocycles. The normalized spacial score (nSPS) is 12.6. The van der Waals surface area contributed by atoms with E-state index in [2.05, 4.69) is 15.1 Å². The summed E-state index contributed by atoms with van der Waals surface area (Å²) in [6, 6.07) is 3.33. The molecule has 2 aromatic heterocycles. The first-order chi connectivity index (χ1) is 10.5. The second kappa shape index (κ2) is 5.32. The molecule has 0 bridgehead atoms. The lowest BCUT2D eigenvalue weighted by atomic mass is 10.1. The molecule has 0 radical (unpaired) electrons. The Morgan fingerprint density at radius 2 is 1.86 bits per heavy atom. The Bertz CT molecular complexity index is 810. The van der Waals surface area contributed by atoms with Gasteiger partial charge in [-0.25, -0.2) is 18.7 Å². The van der Waals surface area contributed by atoms with Crippen molar-refractivity contribution in [3.8, 4) is 0 Å². The van der Waals surface area contributed by atoms with Crippen molar-refractivity contribution in [2.75, 3.05) is 11.9 Å². The average Bonchev–Trinajstić information content (AvgIpc) is 2.88. The van der Waals surface area contributed by atoms with Gasteiger partial charge in [0.05, 0.1) is 17.6 Å². The van der Waals surface area contributed by atoms with Crippen LogP contribution in [0.15, 0.2) is 30.7 Å². The molecule has 3 aromatic rings. The van der Waals surface area contributed by atoms with Crippen molar-refractivity contribution < 1.29 is 8.78 Å². The van der Waals surface area contributed by atoms with E-state index in [9.17, 15) is 8.78 Å². The lowest BCUT2D eigenvalue weighted by Gasteiger charge is -2.27. The lowest BCUT2D eigenvalue weighted by molar-refractivity contribution is 0.529. The molecule has 0 aliphatic rings. The van der Waals surface area contributed by atoms with Crippen molar-refractivity contribution in [1.82, 2.24) is 19.7 Å². The van der Waals surface area contributed by atoms with Crippen LogP contribution < -0.4 is 4.90 Å². The van der Waals surface area contributed by atoms with Crippen LogP contribution in [0, 0.1) is 11.6 Å². The van der Waals surface area contributed by atoms with E-state index in [4.69, 9.17) is 0 Å². The van der Waals surface area contributed by atoms with E-state index < -0.39 is 17.7 Å². The van der Waals surface area contributed by atoms with Gasteiger partial charge in [0, 0.05) is 19.7 Å². The minimum absolute atomic E-state index is 0.0145. The molecule has 22 heavy (non-hydrogen) atoms. The molecule has 5 nitrogen and oxygen atoms in total. The minimum Gasteiger partial charge on any atom is -0.352 e. The number of halogens is 2. The number of aryl methyl sites for hydroxylation is 1. The van der Waals surface area contributed by atoms with Crippen LogP contribution in [0.3, 0.4) is 0 Å². The van der Waals surface area contributed by atoms with Gasteiger partial charge in [-0.15, -0.1) is 0 Å². The summed E-state index contributed by atoms with van der Waals surface area (Å²) in [7, 11) is 3.52. The van der Waals surface area contributed by atoms with Crippen molar-refractivity contribution in [1.29, 1.82) is 0 Å². The van der Waals surface area contributed by atoms with Crippen molar-refractivity contribution in [2.24, 2.45) is 7.05 Å². The van der Waals surface area contributed by atoms with Crippen LogP contribution in [0.4, 0.5) is 14.6 Å². The van der Waals surface area contributed by atoms with Crippen LogP contribution in [-0.2, 0) is 7.05 Å². The van der Waals surface area contributed by atoms with E-state index in [1.54, 1.807) is 36.8 Å². The van der Waals surface area contributed by atoms with E-state index in [0.717, 1.165) is 5.39 Å². The number of hydrogen-bond acceptors (Lipinski definition) is 4. The van der Waals surface area contributed by atoms with Gasteiger partial charge in [-0.05, 0) is 19.1 Å². The fourth-order valence-corrected chi connectivity index (χ4v) is 2.52. The van der Waals surface area contributed by atoms with Crippen LogP contribution in [0.1, 0.15) is 18.5 Å². The summed E-state index contributed by atoms with van der Waals surface area (Å²) < 4.78 is 29.6. The van der Waals surface area contributed by atoms with Gasteiger partial charge >= 0.3 is 0 Å². The molecule has 0 aliphatic heterocycles. The zero-order valence-corrected chi connectivity index (χ0v) is 12.5. The van der Waals surface area contributed by atoms with Crippen LogP contribution >= 0.6 is 0 Å². The fourth-order valence-electron chi connectivity index (χ4n) is 2.52. The highest BCUT2D eigenvalue weighted by atomic mass is 19.1. The number of nitrogens with zero attached hydrogens (tertiary/aromatic N) is 5. The maximum atomic E-state index is 14.0. The van der Waals surface area contributed by atoms with Crippen molar-refractivity contribution >= 4 is 16.9 Å². The Kier molecular flexibility index (Phi) is 3.48. The molecular weight excluding hydrogens is 288 g/mol. The average molecular weight is 303 g/mol. The minimum atomic E-state index is -0.573. The number of rotatable bonds is 3. The first-order valence-corrected chi connectivity index (χ1v) is 6.80. The summed E-state index contributed by atoms with van der Waals surface area (Å²) in [5, 5.41) is 4.88. The predicted octanol–water partition coefficient (Wildman–Crippen LogP) is 2.84. The largest absolute Gasteiger partial charge is 0.352 e. The van der Waals surface area contributed by atoms with Crippen molar-refractivity contribution in [3.05, 3.63) is 47.9 Å². The van der Waals surface area contributed by atoms with E-state index in [1.807, 2.05) is 0 Å². The number of benzene rings is 1. The number of aromatic nitrogens is 4. The first kappa shape index (κ1) is 14.4.